The van der Waals surface area contributed by atoms with Gasteiger partial charge in [-0.1, -0.05) is 130 Å². The number of hydrogen-bond acceptors (Lipinski definition) is 12. The fourth-order valence-corrected chi connectivity index (χ4v) is 14.7. The van der Waals surface area contributed by atoms with Crippen molar-refractivity contribution in [3.05, 3.63) is 102 Å². The third kappa shape index (κ3) is 17.2. The quantitative estimate of drug-likeness (QED) is 0.0283. The summed E-state index contributed by atoms with van der Waals surface area (Å²) >= 11 is 0. The number of methoxy groups -OCH3 is 2. The van der Waals surface area contributed by atoms with Crippen molar-refractivity contribution in [2.24, 2.45) is 29.6 Å². The van der Waals surface area contributed by atoms with E-state index in [2.05, 4.69) is 61.2 Å². The average molecular weight is 1040 g/mol. The van der Waals surface area contributed by atoms with E-state index < -0.39 is 74.1 Å². The molecule has 4 rings (SSSR count). The Balaban J connectivity index is 1.70. The molecule has 3 aromatic carbocycles. The van der Waals surface area contributed by atoms with Gasteiger partial charge in [0, 0.05) is 38.4 Å². The molecule has 0 aliphatic carbocycles. The zero-order valence-corrected chi connectivity index (χ0v) is 48.2. The van der Waals surface area contributed by atoms with Gasteiger partial charge in [-0.2, -0.15) is 0 Å². The lowest BCUT2D eigenvalue weighted by atomic mass is 9.73. The van der Waals surface area contributed by atoms with Crippen LogP contribution in [0.3, 0.4) is 0 Å². The molecule has 0 spiro atoms. The molecule has 0 saturated carbocycles. The Labute approximate surface area is 429 Å². The minimum Gasteiger partial charge on any atom is -0.497 e. The van der Waals surface area contributed by atoms with Crippen LogP contribution in [0.2, 0.25) is 43.8 Å². The number of benzene rings is 3. The molecule has 1 N–H and O–H groups in total. The molecule has 1 saturated heterocycles. The van der Waals surface area contributed by atoms with Crippen molar-refractivity contribution in [3.8, 4) is 11.5 Å². The summed E-state index contributed by atoms with van der Waals surface area (Å²) in [6, 6.07) is 27.2. The molecule has 3 aromatic rings. The molecule has 1 fully saturated rings. The maximum absolute atomic E-state index is 15.4. The summed E-state index contributed by atoms with van der Waals surface area (Å²) in [5.74, 6) is -1.03. The highest BCUT2D eigenvalue weighted by molar-refractivity contribution is 7.91. The van der Waals surface area contributed by atoms with Crippen LogP contribution in [0.5, 0.6) is 11.5 Å². The zero-order valence-electron chi connectivity index (χ0n) is 45.4. The molecule has 1 aliphatic rings. The highest BCUT2D eigenvalue weighted by Crippen LogP contribution is 2.42. The SMILES string of the molecule is CC[Si](CC)(CC)O[C@H]([C@@H](C)[C@@H]1O[C@@H](OCOCC[Si](C)(C)C)[C@H](C)[C@@H](OCc2ccc(OC)cc2)[C@@H]1C)[C@H](C)C(=O)[C@](C)(O)[C@@H](OCc1ccc(OC)cc1)[C@H](C)C/C=C/CS(=O)(=O)c1ccccc1. The first-order valence-corrected chi connectivity index (χ1v) is 33.7. The molecular formula is C56H88O12SSi2. The Morgan fingerprint density at radius 2 is 1.37 bits per heavy atom. The monoisotopic (exact) mass is 1040 g/mol. The molecule has 12 nitrogen and oxygen atoms in total. The van der Waals surface area contributed by atoms with Gasteiger partial charge in [-0.25, -0.2) is 8.42 Å². The van der Waals surface area contributed by atoms with Gasteiger partial charge < -0.3 is 42.7 Å². The molecule has 1 aliphatic heterocycles. The van der Waals surface area contributed by atoms with Gasteiger partial charge in [-0.05, 0) is 91.0 Å². The Morgan fingerprint density at radius 1 is 0.803 bits per heavy atom. The van der Waals surface area contributed by atoms with Crippen molar-refractivity contribution in [1.29, 1.82) is 0 Å². The van der Waals surface area contributed by atoms with Gasteiger partial charge in [-0.15, -0.1) is 0 Å². The van der Waals surface area contributed by atoms with Crippen LogP contribution >= 0.6 is 0 Å². The standard InChI is InChI=1S/C56H88O12SSi2/c1-15-71(16-2,17-3)68-52(42(6)51-41(5)50(64-37-45-26-30-47(61-10)31-27-45)44(8)55(67-51)66-39-63-34-36-70(12,13)14)43(7)53(57)56(9,58)54(65-38-46-28-32-48(62-11)33-29-46)40(4)23-21-22-35-69(59,60)49-24-19-18-20-25-49/h18-22,24-33,40-44,50-52,54-55,58H,15-17,23,34-39H2,1-14H3/b22-21+/t40-,41+,42+,43+,44-,50+,51-,52-,54+,55-,56+/m1/s1. The van der Waals surface area contributed by atoms with Crippen molar-refractivity contribution in [3.63, 3.8) is 0 Å². The minimum absolute atomic E-state index is 0.0729. The summed E-state index contributed by atoms with van der Waals surface area (Å²) < 4.78 is 77.4. The van der Waals surface area contributed by atoms with Crippen molar-refractivity contribution in [2.45, 2.75) is 167 Å². The molecule has 0 aromatic heterocycles. The van der Waals surface area contributed by atoms with Crippen molar-refractivity contribution in [1.82, 2.24) is 0 Å². The van der Waals surface area contributed by atoms with Crippen molar-refractivity contribution >= 4 is 32.0 Å². The van der Waals surface area contributed by atoms with Gasteiger partial charge >= 0.3 is 0 Å². The molecule has 0 bridgehead atoms. The van der Waals surface area contributed by atoms with Crippen LogP contribution in [0.25, 0.3) is 0 Å². The first-order chi connectivity index (χ1) is 33.6. The first kappa shape index (κ1) is 60.3. The zero-order chi connectivity index (χ0) is 52.6. The fourth-order valence-electron chi connectivity index (χ4n) is 9.82. The van der Waals surface area contributed by atoms with Crippen LogP contribution in [0.1, 0.15) is 79.9 Å². The number of ketones is 1. The smallest absolute Gasteiger partial charge is 0.192 e. The van der Waals surface area contributed by atoms with Crippen LogP contribution in [0.4, 0.5) is 0 Å². The van der Waals surface area contributed by atoms with E-state index in [4.69, 9.17) is 37.6 Å². The largest absolute Gasteiger partial charge is 0.497 e. The Bertz CT molecular complexity index is 2150. The number of hydrogen-bond donors (Lipinski definition) is 1. The highest BCUT2D eigenvalue weighted by Gasteiger charge is 2.52. The number of carbonyl (C=O) groups is 1. The maximum atomic E-state index is 15.4. The summed E-state index contributed by atoms with van der Waals surface area (Å²) in [5, 5.41) is 12.8. The third-order valence-corrected chi connectivity index (χ3v) is 22.7. The second-order valence-corrected chi connectivity index (χ2v) is 33.5. The second-order valence-electron chi connectivity index (χ2n) is 21.2. The maximum Gasteiger partial charge on any atom is 0.192 e. The number of rotatable bonds is 31. The lowest BCUT2D eigenvalue weighted by molar-refractivity contribution is -0.301. The Morgan fingerprint density at radius 3 is 1.90 bits per heavy atom. The van der Waals surface area contributed by atoms with Gasteiger partial charge in [0.2, 0.25) is 0 Å². The van der Waals surface area contributed by atoms with Crippen LogP contribution in [0, 0.1) is 29.6 Å². The van der Waals surface area contributed by atoms with Gasteiger partial charge in [0.1, 0.15) is 23.9 Å². The van der Waals surface area contributed by atoms with Crippen LogP contribution in [-0.2, 0) is 56.0 Å². The van der Waals surface area contributed by atoms with E-state index in [1.807, 2.05) is 62.4 Å². The molecule has 398 valence electrons. The number of ether oxygens (including phenoxy) is 7. The van der Waals surface area contributed by atoms with Crippen LogP contribution in [0.15, 0.2) is 95.9 Å². The number of allylic oxidation sites excluding steroid dienone is 1. The summed E-state index contributed by atoms with van der Waals surface area (Å²) in [5.41, 5.74) is -0.156. The molecule has 11 atom stereocenters. The van der Waals surface area contributed by atoms with Gasteiger partial charge in [0.05, 0.1) is 62.5 Å². The number of carbonyl (C=O) groups excluding carboxylic acids is 1. The summed E-state index contributed by atoms with van der Waals surface area (Å²) in [6.07, 6.45) is 0.690. The van der Waals surface area contributed by atoms with Crippen molar-refractivity contribution < 1.29 is 55.9 Å². The number of sulfone groups is 1. The molecule has 15 heteroatoms. The predicted octanol–water partition coefficient (Wildman–Crippen LogP) is 11.5. The average Bonchev–Trinajstić information content (AvgIpc) is 3.36. The number of Topliss-reactive ketones (excluding diaryl/α,β-unsaturated/α-hetero) is 1. The molecule has 0 radical (unpaired) electrons. The van der Waals surface area contributed by atoms with Gasteiger partial charge in [-0.3, -0.25) is 4.79 Å². The van der Waals surface area contributed by atoms with Gasteiger partial charge in [0.25, 0.3) is 0 Å². The Hall–Kier alpha value is -3.23. The molecule has 0 amide bonds. The fraction of sp³-hybridized carbons (Fsp3) is 0.625. The van der Waals surface area contributed by atoms with E-state index in [1.165, 1.54) is 0 Å². The Kier molecular flexibility index (Phi) is 23.7. The molecule has 1 heterocycles. The van der Waals surface area contributed by atoms with E-state index in [1.54, 1.807) is 63.6 Å². The normalized spacial score (nSPS) is 22.0. The minimum atomic E-state index is -3.56. The van der Waals surface area contributed by atoms with E-state index in [0.717, 1.165) is 41.1 Å². The van der Waals surface area contributed by atoms with E-state index in [0.29, 0.717) is 25.4 Å². The van der Waals surface area contributed by atoms with E-state index >= 15 is 4.79 Å². The summed E-state index contributed by atoms with van der Waals surface area (Å²) in [7, 11) is -4.04. The lowest BCUT2D eigenvalue weighted by Gasteiger charge is -2.49. The summed E-state index contributed by atoms with van der Waals surface area (Å²) in [6.45, 7) is 26.3. The first-order valence-electron chi connectivity index (χ1n) is 25.8. The van der Waals surface area contributed by atoms with E-state index in [-0.39, 0.29) is 47.9 Å². The molecular weight excluding hydrogens is 953 g/mol. The summed E-state index contributed by atoms with van der Waals surface area (Å²) in [4.78, 5) is 15.7. The van der Waals surface area contributed by atoms with Crippen LogP contribution in [-0.4, -0.2) is 105 Å². The van der Waals surface area contributed by atoms with Gasteiger partial charge in [0.15, 0.2) is 30.2 Å². The number of aliphatic hydroxyl groups is 1. The van der Waals surface area contributed by atoms with Crippen molar-refractivity contribution in [2.75, 3.05) is 33.4 Å². The van der Waals surface area contributed by atoms with Crippen LogP contribution < -0.4 is 9.47 Å². The van der Waals surface area contributed by atoms with E-state index in [9.17, 15) is 13.5 Å². The molecule has 71 heavy (non-hydrogen) atoms. The topological polar surface area (TPSA) is 145 Å². The highest BCUT2D eigenvalue weighted by atomic mass is 32.2. The third-order valence-electron chi connectivity index (χ3n) is 14.7. The lowest BCUT2D eigenvalue weighted by Crippen LogP contribution is -2.59. The predicted molar refractivity (Wildman–Crippen MR) is 288 cm³/mol. The second kappa shape index (κ2) is 27.9. The molecule has 0 unspecified atom stereocenters.